The molecule has 1 aromatic carbocycles. The molecular weight excluding hydrogens is 349 g/mol. The van der Waals surface area contributed by atoms with Crippen molar-refractivity contribution in [1.82, 2.24) is 15.3 Å². The summed E-state index contributed by atoms with van der Waals surface area (Å²) in [7, 11) is 1.92. The molecule has 1 aliphatic rings. The van der Waals surface area contributed by atoms with Crippen LogP contribution < -0.4 is 10.7 Å². The average Bonchev–Trinajstić information content (AvgIpc) is 2.50. The van der Waals surface area contributed by atoms with Gasteiger partial charge in [-0.25, -0.2) is 5.01 Å². The van der Waals surface area contributed by atoms with Gasteiger partial charge in [0.15, 0.2) is 0 Å². The van der Waals surface area contributed by atoms with Gasteiger partial charge in [0.1, 0.15) is 0 Å². The molecule has 24 heavy (non-hydrogen) atoms. The van der Waals surface area contributed by atoms with Crippen LogP contribution >= 0.6 is 11.6 Å². The number of hydrogen-bond acceptors (Lipinski definition) is 4. The third kappa shape index (κ3) is 4.83. The molecule has 1 saturated heterocycles. The molecule has 0 spiro atoms. The minimum atomic E-state index is -4.71. The Bertz CT molecular complexity index is 631. The number of carbonyl (C=O) groups is 2. The summed E-state index contributed by atoms with van der Waals surface area (Å²) >= 11 is 5.56. The third-order valence-electron chi connectivity index (χ3n) is 3.50. The van der Waals surface area contributed by atoms with Gasteiger partial charge in [-0.3, -0.25) is 15.0 Å². The fraction of sp³-hybridized carbons (Fsp3) is 0.429. The van der Waals surface area contributed by atoms with Crippen molar-refractivity contribution in [2.75, 3.05) is 38.5 Å². The lowest BCUT2D eigenvalue weighted by atomic mass is 10.1. The second kappa shape index (κ2) is 7.37. The van der Waals surface area contributed by atoms with Crippen molar-refractivity contribution in [2.24, 2.45) is 0 Å². The average molecular weight is 365 g/mol. The number of anilines is 1. The number of hydrazine groups is 1. The standard InChI is InChI=1S/C14H16ClF3N4O2/c1-21-4-6-22(7-5-21)20-13(24)12(23)19-11-3-2-9(15)8-10(11)14(16,17)18/h2-3,8H,4-7H2,1H3,(H,19,23)(H,20,24). The van der Waals surface area contributed by atoms with Gasteiger partial charge in [-0.05, 0) is 25.2 Å². The molecule has 0 aliphatic carbocycles. The molecule has 1 aliphatic heterocycles. The summed E-state index contributed by atoms with van der Waals surface area (Å²) < 4.78 is 38.9. The number of halogens is 4. The fourth-order valence-electron chi connectivity index (χ4n) is 2.15. The first kappa shape index (κ1) is 18.5. The number of likely N-dealkylation sites (N-methyl/N-ethyl adjacent to an activating group) is 1. The van der Waals surface area contributed by atoms with Crippen molar-refractivity contribution in [3.63, 3.8) is 0 Å². The molecule has 2 amide bonds. The van der Waals surface area contributed by atoms with Crippen LogP contribution in [-0.2, 0) is 15.8 Å². The maximum Gasteiger partial charge on any atom is 0.418 e. The van der Waals surface area contributed by atoms with Crippen molar-refractivity contribution >= 4 is 29.1 Å². The molecule has 2 N–H and O–H groups in total. The first-order valence-corrected chi connectivity index (χ1v) is 7.47. The molecular formula is C14H16ClF3N4O2. The van der Waals surface area contributed by atoms with Crippen molar-refractivity contribution < 1.29 is 22.8 Å². The number of piperazine rings is 1. The third-order valence-corrected chi connectivity index (χ3v) is 3.74. The molecule has 132 valence electrons. The zero-order valence-corrected chi connectivity index (χ0v) is 13.5. The first-order chi connectivity index (χ1) is 11.2. The van der Waals surface area contributed by atoms with Gasteiger partial charge in [0.25, 0.3) is 0 Å². The maximum absolute atomic E-state index is 13.0. The van der Waals surface area contributed by atoms with Crippen molar-refractivity contribution in [3.8, 4) is 0 Å². The second-order valence-corrected chi connectivity index (χ2v) is 5.81. The molecule has 1 heterocycles. The Morgan fingerprint density at radius 3 is 2.33 bits per heavy atom. The second-order valence-electron chi connectivity index (χ2n) is 5.37. The Labute approximate surface area is 141 Å². The van der Waals surface area contributed by atoms with Crippen LogP contribution in [0.15, 0.2) is 18.2 Å². The largest absolute Gasteiger partial charge is 0.418 e. The fourth-order valence-corrected chi connectivity index (χ4v) is 2.32. The van der Waals surface area contributed by atoms with Gasteiger partial charge in [-0.15, -0.1) is 0 Å². The number of hydrogen-bond donors (Lipinski definition) is 2. The monoisotopic (exact) mass is 364 g/mol. The molecule has 6 nitrogen and oxygen atoms in total. The summed E-state index contributed by atoms with van der Waals surface area (Å²) in [4.78, 5) is 25.7. The number of nitrogens with one attached hydrogen (secondary N) is 2. The minimum absolute atomic E-state index is 0.123. The molecule has 0 unspecified atom stereocenters. The lowest BCUT2D eigenvalue weighted by Crippen LogP contribution is -2.54. The lowest BCUT2D eigenvalue weighted by molar-refractivity contribution is -0.140. The van der Waals surface area contributed by atoms with Crippen molar-refractivity contribution in [3.05, 3.63) is 28.8 Å². The SMILES string of the molecule is CN1CCN(NC(=O)C(=O)Nc2ccc(Cl)cc2C(F)(F)F)CC1. The molecule has 1 aromatic rings. The van der Waals surface area contributed by atoms with Gasteiger partial charge in [0.2, 0.25) is 0 Å². The predicted octanol–water partition coefficient (Wildman–Crippen LogP) is 1.58. The quantitative estimate of drug-likeness (QED) is 0.782. The first-order valence-electron chi connectivity index (χ1n) is 7.09. The zero-order chi connectivity index (χ0) is 17.9. The molecule has 0 saturated carbocycles. The Morgan fingerprint density at radius 1 is 1.12 bits per heavy atom. The number of rotatable bonds is 2. The minimum Gasteiger partial charge on any atom is -0.317 e. The molecule has 0 atom stereocenters. The highest BCUT2D eigenvalue weighted by Gasteiger charge is 2.34. The summed E-state index contributed by atoms with van der Waals surface area (Å²) in [6.07, 6.45) is -4.71. The molecule has 0 aromatic heterocycles. The number of nitrogens with zero attached hydrogens (tertiary/aromatic N) is 2. The van der Waals surface area contributed by atoms with E-state index in [-0.39, 0.29) is 5.02 Å². The van der Waals surface area contributed by atoms with Crippen LogP contribution in [0, 0.1) is 0 Å². The van der Waals surface area contributed by atoms with E-state index in [0.717, 1.165) is 6.07 Å². The van der Waals surface area contributed by atoms with E-state index in [2.05, 4.69) is 5.43 Å². The Hall–Kier alpha value is -1.84. The normalized spacial score (nSPS) is 16.7. The lowest BCUT2D eigenvalue weighted by Gasteiger charge is -2.32. The smallest absolute Gasteiger partial charge is 0.317 e. The van der Waals surface area contributed by atoms with Crippen LogP contribution in [0.1, 0.15) is 5.56 Å². The van der Waals surface area contributed by atoms with Gasteiger partial charge < -0.3 is 10.2 Å². The summed E-state index contributed by atoms with van der Waals surface area (Å²) in [5.74, 6) is -2.20. The van der Waals surface area contributed by atoms with E-state index < -0.39 is 29.2 Å². The molecule has 2 rings (SSSR count). The van der Waals surface area contributed by atoms with Gasteiger partial charge in [-0.2, -0.15) is 13.2 Å². The molecule has 1 fully saturated rings. The highest BCUT2D eigenvalue weighted by atomic mass is 35.5. The number of alkyl halides is 3. The topological polar surface area (TPSA) is 64.7 Å². The van der Waals surface area contributed by atoms with Crippen LogP contribution in [0.4, 0.5) is 18.9 Å². The zero-order valence-electron chi connectivity index (χ0n) is 12.8. The molecule has 10 heteroatoms. The van der Waals surface area contributed by atoms with Gasteiger partial charge in [0, 0.05) is 31.2 Å². The van der Waals surface area contributed by atoms with Crippen molar-refractivity contribution in [2.45, 2.75) is 6.18 Å². The van der Waals surface area contributed by atoms with E-state index >= 15 is 0 Å². The van der Waals surface area contributed by atoms with E-state index in [1.807, 2.05) is 17.3 Å². The summed E-state index contributed by atoms with van der Waals surface area (Å²) in [5.41, 5.74) is 0.740. The molecule has 0 radical (unpaired) electrons. The van der Waals surface area contributed by atoms with Crippen LogP contribution in [0.25, 0.3) is 0 Å². The van der Waals surface area contributed by atoms with Crippen LogP contribution in [0.5, 0.6) is 0 Å². The van der Waals surface area contributed by atoms with Crippen LogP contribution in [0.3, 0.4) is 0 Å². The van der Waals surface area contributed by atoms with E-state index in [1.165, 1.54) is 6.07 Å². The van der Waals surface area contributed by atoms with E-state index in [0.29, 0.717) is 32.2 Å². The number of amides is 2. The summed E-state index contributed by atoms with van der Waals surface area (Å²) in [6.45, 7) is 2.45. The number of benzene rings is 1. The summed E-state index contributed by atoms with van der Waals surface area (Å²) in [6, 6.07) is 2.90. The van der Waals surface area contributed by atoms with Gasteiger partial charge in [0.05, 0.1) is 11.3 Å². The van der Waals surface area contributed by atoms with Gasteiger partial charge >= 0.3 is 18.0 Å². The van der Waals surface area contributed by atoms with E-state index in [4.69, 9.17) is 11.6 Å². The van der Waals surface area contributed by atoms with E-state index in [9.17, 15) is 22.8 Å². The van der Waals surface area contributed by atoms with Crippen molar-refractivity contribution in [1.29, 1.82) is 0 Å². The Morgan fingerprint density at radius 2 is 1.75 bits per heavy atom. The molecule has 0 bridgehead atoms. The number of carbonyl (C=O) groups excluding carboxylic acids is 2. The Kier molecular flexibility index (Phi) is 5.68. The van der Waals surface area contributed by atoms with E-state index in [1.54, 1.807) is 5.01 Å². The maximum atomic E-state index is 13.0. The highest BCUT2D eigenvalue weighted by Crippen LogP contribution is 2.36. The summed E-state index contributed by atoms with van der Waals surface area (Å²) in [5, 5.41) is 3.40. The van der Waals surface area contributed by atoms with Crippen LogP contribution in [0.2, 0.25) is 5.02 Å². The Balaban J connectivity index is 2.03. The highest BCUT2D eigenvalue weighted by molar-refractivity contribution is 6.39. The predicted molar refractivity (Wildman–Crippen MR) is 82.3 cm³/mol. The van der Waals surface area contributed by atoms with Gasteiger partial charge in [-0.1, -0.05) is 11.6 Å². The van der Waals surface area contributed by atoms with Crippen LogP contribution in [-0.4, -0.2) is 54.9 Å².